The van der Waals surface area contributed by atoms with Gasteiger partial charge >= 0.3 is 0 Å². The van der Waals surface area contributed by atoms with Gasteiger partial charge in [0.1, 0.15) is 5.82 Å². The summed E-state index contributed by atoms with van der Waals surface area (Å²) in [6.45, 7) is 10.8. The highest BCUT2D eigenvalue weighted by Crippen LogP contribution is 2.25. The van der Waals surface area contributed by atoms with E-state index in [4.69, 9.17) is 0 Å². The quantitative estimate of drug-likeness (QED) is 0.848. The molecular weight excluding hydrogens is 252 g/mol. The van der Waals surface area contributed by atoms with Crippen LogP contribution in [-0.4, -0.2) is 40.3 Å². The minimum Gasteiger partial charge on any atom is -0.357 e. The van der Waals surface area contributed by atoms with E-state index in [1.165, 1.54) is 0 Å². The molecule has 2 N–H and O–H groups in total. The summed E-state index contributed by atoms with van der Waals surface area (Å²) in [7, 11) is 1.83. The second-order valence-corrected chi connectivity index (χ2v) is 5.95. The van der Waals surface area contributed by atoms with Crippen molar-refractivity contribution in [1.82, 2.24) is 20.2 Å². The second-order valence-electron chi connectivity index (χ2n) is 5.95. The van der Waals surface area contributed by atoms with Crippen LogP contribution >= 0.6 is 0 Å². The van der Waals surface area contributed by atoms with Crippen molar-refractivity contribution in [3.8, 4) is 0 Å². The molecule has 20 heavy (non-hydrogen) atoms. The van der Waals surface area contributed by atoms with Gasteiger partial charge in [0, 0.05) is 20.1 Å². The molecule has 0 radical (unpaired) electrons. The first-order valence-corrected chi connectivity index (χ1v) is 7.15. The van der Waals surface area contributed by atoms with Crippen LogP contribution < -0.4 is 10.2 Å². The van der Waals surface area contributed by atoms with Gasteiger partial charge in [0.25, 0.3) is 0 Å². The molecule has 0 amide bonds. The molecule has 2 heterocycles. The van der Waals surface area contributed by atoms with Crippen molar-refractivity contribution in [2.24, 2.45) is 11.8 Å². The fourth-order valence-corrected chi connectivity index (χ4v) is 2.30. The van der Waals surface area contributed by atoms with Crippen molar-refractivity contribution in [2.75, 3.05) is 30.4 Å². The van der Waals surface area contributed by atoms with Crippen LogP contribution in [0.25, 0.3) is 11.0 Å². The summed E-state index contributed by atoms with van der Waals surface area (Å²) in [4.78, 5) is 11.4. The maximum Gasteiger partial charge on any atom is 0.226 e. The van der Waals surface area contributed by atoms with E-state index in [1.807, 2.05) is 7.05 Å². The van der Waals surface area contributed by atoms with Gasteiger partial charge in [0.15, 0.2) is 5.65 Å². The number of nitrogens with zero attached hydrogens (tertiary/aromatic N) is 4. The lowest BCUT2D eigenvalue weighted by Gasteiger charge is -2.28. The first-order chi connectivity index (χ1) is 9.51. The molecule has 0 unspecified atom stereocenters. The molecule has 2 rings (SSSR count). The molecule has 0 saturated carbocycles. The first-order valence-electron chi connectivity index (χ1n) is 7.15. The number of fused-ring (bicyclic) bond motifs is 1. The zero-order chi connectivity index (χ0) is 14.7. The summed E-state index contributed by atoms with van der Waals surface area (Å²) in [5, 5.41) is 11.0. The molecular formula is C14H24N6. The Kier molecular flexibility index (Phi) is 4.42. The molecule has 2 aromatic rings. The van der Waals surface area contributed by atoms with Crippen molar-refractivity contribution < 1.29 is 0 Å². The lowest BCUT2D eigenvalue weighted by molar-refractivity contribution is 0.550. The van der Waals surface area contributed by atoms with Crippen LogP contribution in [0.2, 0.25) is 0 Å². The summed E-state index contributed by atoms with van der Waals surface area (Å²) >= 11 is 0. The Hall–Kier alpha value is -1.85. The number of nitrogens with one attached hydrogen (secondary N) is 2. The maximum atomic E-state index is 4.64. The van der Waals surface area contributed by atoms with E-state index < -0.39 is 0 Å². The molecule has 2 aromatic heterocycles. The van der Waals surface area contributed by atoms with Gasteiger partial charge in [-0.25, -0.2) is 0 Å². The highest BCUT2D eigenvalue weighted by Gasteiger charge is 2.17. The smallest absolute Gasteiger partial charge is 0.226 e. The number of rotatable bonds is 6. The molecule has 0 atom stereocenters. The normalized spacial score (nSPS) is 11.6. The minimum absolute atomic E-state index is 0.573. The van der Waals surface area contributed by atoms with Crippen molar-refractivity contribution in [2.45, 2.75) is 27.7 Å². The summed E-state index contributed by atoms with van der Waals surface area (Å²) in [6.07, 6.45) is 1.80. The summed E-state index contributed by atoms with van der Waals surface area (Å²) in [5.41, 5.74) is 0.775. The second kappa shape index (κ2) is 6.07. The Morgan fingerprint density at radius 3 is 2.35 bits per heavy atom. The monoisotopic (exact) mass is 276 g/mol. The van der Waals surface area contributed by atoms with E-state index in [9.17, 15) is 0 Å². The van der Waals surface area contributed by atoms with Crippen LogP contribution in [0, 0.1) is 11.8 Å². The van der Waals surface area contributed by atoms with Crippen molar-refractivity contribution in [1.29, 1.82) is 0 Å². The number of hydrogen-bond acceptors (Lipinski definition) is 5. The van der Waals surface area contributed by atoms with E-state index in [0.29, 0.717) is 17.8 Å². The van der Waals surface area contributed by atoms with Gasteiger partial charge in [-0.3, -0.25) is 5.10 Å². The largest absolute Gasteiger partial charge is 0.357 e. The number of hydrogen-bond donors (Lipinski definition) is 2. The topological polar surface area (TPSA) is 69.7 Å². The molecule has 0 aliphatic rings. The van der Waals surface area contributed by atoms with E-state index in [2.05, 4.69) is 58.1 Å². The third kappa shape index (κ3) is 3.18. The standard InChI is InChI=1S/C14H24N6/c1-9(2)7-20(8-10(3)4)13-11-6-16-19-12(11)17-14(15-5)18-13/h6,9-10H,7-8H2,1-5H3,(H2,15,16,17,18,19). The number of anilines is 2. The lowest BCUT2D eigenvalue weighted by Crippen LogP contribution is -2.32. The number of aromatic amines is 1. The predicted molar refractivity (Wildman–Crippen MR) is 83.1 cm³/mol. The van der Waals surface area contributed by atoms with Crippen LogP contribution in [0.5, 0.6) is 0 Å². The van der Waals surface area contributed by atoms with Crippen LogP contribution in [0.1, 0.15) is 27.7 Å². The van der Waals surface area contributed by atoms with E-state index in [0.717, 1.165) is 29.9 Å². The van der Waals surface area contributed by atoms with Crippen LogP contribution in [0.4, 0.5) is 11.8 Å². The summed E-state index contributed by atoms with van der Waals surface area (Å²) in [5.74, 6) is 2.72. The van der Waals surface area contributed by atoms with Crippen LogP contribution in [0.15, 0.2) is 6.20 Å². The fourth-order valence-electron chi connectivity index (χ4n) is 2.30. The predicted octanol–water partition coefficient (Wildman–Crippen LogP) is 2.51. The fraction of sp³-hybridized carbons (Fsp3) is 0.643. The molecule has 0 aliphatic heterocycles. The van der Waals surface area contributed by atoms with Gasteiger partial charge < -0.3 is 10.2 Å². The highest BCUT2D eigenvalue weighted by molar-refractivity contribution is 5.87. The van der Waals surface area contributed by atoms with Crippen molar-refractivity contribution in [3.05, 3.63) is 6.20 Å². The van der Waals surface area contributed by atoms with Crippen LogP contribution in [-0.2, 0) is 0 Å². The lowest BCUT2D eigenvalue weighted by atomic mass is 10.1. The Bertz CT molecular complexity index is 550. The Morgan fingerprint density at radius 1 is 1.15 bits per heavy atom. The SMILES string of the molecule is CNc1nc(N(CC(C)C)CC(C)C)c2cn[nH]c2n1. The molecule has 0 spiro atoms. The molecule has 0 aromatic carbocycles. The number of H-pyrrole nitrogens is 1. The van der Waals surface area contributed by atoms with Crippen molar-refractivity contribution >= 4 is 22.8 Å². The molecule has 0 bridgehead atoms. The molecule has 0 fully saturated rings. The Labute approximate surface area is 120 Å². The highest BCUT2D eigenvalue weighted by atomic mass is 15.3. The van der Waals surface area contributed by atoms with Gasteiger partial charge in [-0.05, 0) is 11.8 Å². The van der Waals surface area contributed by atoms with E-state index in [-0.39, 0.29) is 0 Å². The molecule has 110 valence electrons. The average molecular weight is 276 g/mol. The van der Waals surface area contributed by atoms with Crippen LogP contribution in [0.3, 0.4) is 0 Å². The maximum absolute atomic E-state index is 4.64. The Balaban J connectivity index is 2.47. The van der Waals surface area contributed by atoms with E-state index in [1.54, 1.807) is 6.20 Å². The summed E-state index contributed by atoms with van der Waals surface area (Å²) < 4.78 is 0. The first kappa shape index (κ1) is 14.6. The zero-order valence-electron chi connectivity index (χ0n) is 12.9. The van der Waals surface area contributed by atoms with Gasteiger partial charge in [-0.15, -0.1) is 0 Å². The van der Waals surface area contributed by atoms with Gasteiger partial charge in [-0.1, -0.05) is 27.7 Å². The molecule has 0 aliphatic carbocycles. The molecule has 6 nitrogen and oxygen atoms in total. The third-order valence-corrected chi connectivity index (χ3v) is 2.98. The van der Waals surface area contributed by atoms with Gasteiger partial charge in [-0.2, -0.15) is 15.1 Å². The molecule has 6 heteroatoms. The van der Waals surface area contributed by atoms with Crippen molar-refractivity contribution in [3.63, 3.8) is 0 Å². The minimum atomic E-state index is 0.573. The van der Waals surface area contributed by atoms with E-state index >= 15 is 0 Å². The zero-order valence-corrected chi connectivity index (χ0v) is 12.9. The summed E-state index contributed by atoms with van der Waals surface area (Å²) in [6, 6.07) is 0. The molecule has 0 saturated heterocycles. The Morgan fingerprint density at radius 2 is 1.80 bits per heavy atom. The average Bonchev–Trinajstić information content (AvgIpc) is 2.83. The third-order valence-electron chi connectivity index (χ3n) is 2.98. The van der Waals surface area contributed by atoms with Gasteiger partial charge in [0.05, 0.1) is 11.6 Å². The van der Waals surface area contributed by atoms with Gasteiger partial charge in [0.2, 0.25) is 5.95 Å². The number of aromatic nitrogens is 4.